The molecule has 0 spiro atoms. The minimum absolute atomic E-state index is 0.125. The van der Waals surface area contributed by atoms with E-state index in [1.807, 2.05) is 0 Å². The molecule has 9 nitrogen and oxygen atoms in total. The summed E-state index contributed by atoms with van der Waals surface area (Å²) in [6.45, 7) is 4.39. The van der Waals surface area contributed by atoms with Crippen LogP contribution in [0.4, 0.5) is 0 Å². The third kappa shape index (κ3) is 30.6. The lowest BCUT2D eigenvalue weighted by Gasteiger charge is -2.39. The number of esters is 1. The molecule has 1 fully saturated rings. The molecule has 1 heterocycles. The highest BCUT2D eigenvalue weighted by Gasteiger charge is 2.44. The van der Waals surface area contributed by atoms with E-state index in [2.05, 4.69) is 74.6 Å². The zero-order chi connectivity index (χ0) is 41.4. The van der Waals surface area contributed by atoms with E-state index in [0.717, 1.165) is 83.5 Å². The molecule has 0 saturated carbocycles. The van der Waals surface area contributed by atoms with Crippen LogP contribution in [0.25, 0.3) is 0 Å². The number of allylic oxidation sites excluding steroid dienone is 10. The first kappa shape index (κ1) is 52.9. The molecule has 0 bridgehead atoms. The topological polar surface area (TPSA) is 135 Å². The van der Waals surface area contributed by atoms with Crippen LogP contribution in [-0.4, -0.2) is 89.6 Å². The van der Waals surface area contributed by atoms with Crippen LogP contribution >= 0.6 is 0 Å². The van der Waals surface area contributed by atoms with Gasteiger partial charge in [-0.05, 0) is 77.0 Å². The van der Waals surface area contributed by atoms with Gasteiger partial charge >= 0.3 is 5.97 Å². The van der Waals surface area contributed by atoms with Gasteiger partial charge in [0.15, 0.2) is 6.29 Å². The lowest BCUT2D eigenvalue weighted by Crippen LogP contribution is -2.59. The molecule has 0 radical (unpaired) electrons. The van der Waals surface area contributed by atoms with E-state index in [1.54, 1.807) is 0 Å². The first-order valence-electron chi connectivity index (χ1n) is 22.9. The smallest absolute Gasteiger partial charge is 0.306 e. The standard InChI is InChI=1S/C48H84O9/c1-3-5-7-9-11-13-15-17-19-21-22-23-25-27-29-31-33-35-37-44(50)56-42(41-55-48-47(53)46(52)45(51)43(39-49)57-48)40-54-38-36-34-32-30-28-26-24-20-18-16-14-12-10-8-6-4-2/h6,8,12-15,18-21,42-43,45-49,51-53H,3-5,7,9-11,16-17,22-41H2,1-2H3/b8-6-,14-12-,15-13-,20-18-,21-19-. The van der Waals surface area contributed by atoms with Gasteiger partial charge in [0, 0.05) is 13.0 Å². The molecule has 0 aromatic heterocycles. The molecule has 1 aliphatic heterocycles. The largest absolute Gasteiger partial charge is 0.457 e. The summed E-state index contributed by atoms with van der Waals surface area (Å²) in [5, 5.41) is 40.1. The molecule has 0 aromatic carbocycles. The Hall–Kier alpha value is -2.11. The molecule has 6 atom stereocenters. The van der Waals surface area contributed by atoms with Crippen molar-refractivity contribution in [3.05, 3.63) is 60.8 Å². The fourth-order valence-corrected chi connectivity index (χ4v) is 6.59. The maximum absolute atomic E-state index is 12.8. The van der Waals surface area contributed by atoms with Crippen molar-refractivity contribution < 1.29 is 44.2 Å². The Morgan fingerprint density at radius 2 is 1.07 bits per heavy atom. The van der Waals surface area contributed by atoms with Crippen molar-refractivity contribution in [2.45, 2.75) is 211 Å². The molecule has 6 unspecified atom stereocenters. The number of unbranched alkanes of at least 4 members (excludes halogenated alkanes) is 17. The van der Waals surface area contributed by atoms with E-state index in [4.69, 9.17) is 18.9 Å². The maximum atomic E-state index is 12.8. The Balaban J connectivity index is 2.28. The lowest BCUT2D eigenvalue weighted by molar-refractivity contribution is -0.305. The molecule has 0 aliphatic carbocycles. The van der Waals surface area contributed by atoms with Crippen molar-refractivity contribution in [2.75, 3.05) is 26.4 Å². The average Bonchev–Trinajstić information content (AvgIpc) is 3.21. The van der Waals surface area contributed by atoms with Crippen LogP contribution in [0.5, 0.6) is 0 Å². The van der Waals surface area contributed by atoms with Crippen LogP contribution in [0, 0.1) is 0 Å². The quantitative estimate of drug-likeness (QED) is 0.0273. The van der Waals surface area contributed by atoms with Crippen molar-refractivity contribution >= 4 is 5.97 Å². The minimum Gasteiger partial charge on any atom is -0.457 e. The van der Waals surface area contributed by atoms with E-state index in [0.29, 0.717) is 13.0 Å². The third-order valence-electron chi connectivity index (χ3n) is 10.2. The van der Waals surface area contributed by atoms with E-state index in [-0.39, 0.29) is 19.2 Å². The third-order valence-corrected chi connectivity index (χ3v) is 10.2. The van der Waals surface area contributed by atoms with Gasteiger partial charge in [-0.25, -0.2) is 0 Å². The van der Waals surface area contributed by atoms with Crippen molar-refractivity contribution in [3.63, 3.8) is 0 Å². The monoisotopic (exact) mass is 805 g/mol. The highest BCUT2D eigenvalue weighted by molar-refractivity contribution is 5.69. The van der Waals surface area contributed by atoms with Gasteiger partial charge in [-0.1, -0.05) is 152 Å². The molecule has 0 aromatic rings. The molecule has 1 rings (SSSR count). The maximum Gasteiger partial charge on any atom is 0.306 e. The summed E-state index contributed by atoms with van der Waals surface area (Å²) >= 11 is 0. The molecular weight excluding hydrogens is 721 g/mol. The molecule has 4 N–H and O–H groups in total. The van der Waals surface area contributed by atoms with Gasteiger partial charge in [0.1, 0.15) is 30.5 Å². The van der Waals surface area contributed by atoms with Crippen LogP contribution in [0.1, 0.15) is 174 Å². The summed E-state index contributed by atoms with van der Waals surface area (Å²) in [5.41, 5.74) is 0. The molecule has 1 saturated heterocycles. The molecule has 330 valence electrons. The Labute approximate surface area is 347 Å². The van der Waals surface area contributed by atoms with Gasteiger partial charge < -0.3 is 39.4 Å². The second kappa shape index (κ2) is 39.4. The van der Waals surface area contributed by atoms with Crippen molar-refractivity contribution in [1.29, 1.82) is 0 Å². The van der Waals surface area contributed by atoms with Crippen LogP contribution in [0.3, 0.4) is 0 Å². The van der Waals surface area contributed by atoms with Gasteiger partial charge in [0.25, 0.3) is 0 Å². The zero-order valence-electron chi connectivity index (χ0n) is 36.1. The predicted molar refractivity (Wildman–Crippen MR) is 233 cm³/mol. The predicted octanol–water partition coefficient (Wildman–Crippen LogP) is 10.3. The highest BCUT2D eigenvalue weighted by atomic mass is 16.7. The van der Waals surface area contributed by atoms with Gasteiger partial charge in [-0.2, -0.15) is 0 Å². The molecule has 9 heteroatoms. The second-order valence-electron chi connectivity index (χ2n) is 15.5. The Morgan fingerprint density at radius 3 is 1.61 bits per heavy atom. The Bertz CT molecular complexity index is 1050. The normalized spacial score (nSPS) is 21.0. The Kier molecular flexibility index (Phi) is 36.5. The molecular formula is C48H84O9. The number of rotatable bonds is 38. The summed E-state index contributed by atoms with van der Waals surface area (Å²) in [6, 6.07) is 0. The van der Waals surface area contributed by atoms with Gasteiger partial charge in [-0.15, -0.1) is 0 Å². The number of hydrogen-bond donors (Lipinski definition) is 4. The summed E-state index contributed by atoms with van der Waals surface area (Å²) in [7, 11) is 0. The molecule has 0 amide bonds. The van der Waals surface area contributed by atoms with Crippen molar-refractivity contribution in [3.8, 4) is 0 Å². The molecule has 1 aliphatic rings. The number of aliphatic hydroxyl groups excluding tert-OH is 4. The fraction of sp³-hybridized carbons (Fsp3) is 0.771. The van der Waals surface area contributed by atoms with E-state index >= 15 is 0 Å². The number of carbonyl (C=O) groups excluding carboxylic acids is 1. The summed E-state index contributed by atoms with van der Waals surface area (Å²) < 4.78 is 22.8. The second-order valence-corrected chi connectivity index (χ2v) is 15.5. The van der Waals surface area contributed by atoms with E-state index in [1.165, 1.54) is 70.6 Å². The SMILES string of the molecule is CC/C=C\C/C=C\C/C=C\CCCCCCCCOCC(COC1OC(CO)C(O)C(O)C1O)OC(=O)CCCCCCCCC/C=C\C/C=C\CCCCCC. The first-order chi connectivity index (χ1) is 27.9. The van der Waals surface area contributed by atoms with Gasteiger partial charge in [0.2, 0.25) is 0 Å². The summed E-state index contributed by atoms with van der Waals surface area (Å²) in [4.78, 5) is 12.8. The number of aliphatic hydroxyl groups is 4. The minimum atomic E-state index is -1.54. The van der Waals surface area contributed by atoms with E-state index < -0.39 is 43.4 Å². The number of carbonyl (C=O) groups is 1. The zero-order valence-corrected chi connectivity index (χ0v) is 36.1. The number of ether oxygens (including phenoxy) is 4. The van der Waals surface area contributed by atoms with Crippen LogP contribution in [-0.2, 0) is 23.7 Å². The highest BCUT2D eigenvalue weighted by Crippen LogP contribution is 2.22. The van der Waals surface area contributed by atoms with Crippen LogP contribution < -0.4 is 0 Å². The summed E-state index contributed by atoms with van der Waals surface area (Å²) in [6.07, 6.45) is 42.4. The molecule has 57 heavy (non-hydrogen) atoms. The van der Waals surface area contributed by atoms with Crippen LogP contribution in [0.15, 0.2) is 60.8 Å². The van der Waals surface area contributed by atoms with Crippen molar-refractivity contribution in [2.24, 2.45) is 0 Å². The first-order valence-corrected chi connectivity index (χ1v) is 22.9. The lowest BCUT2D eigenvalue weighted by atomic mass is 9.99. The number of hydrogen-bond acceptors (Lipinski definition) is 9. The van der Waals surface area contributed by atoms with Gasteiger partial charge in [0.05, 0.1) is 19.8 Å². The van der Waals surface area contributed by atoms with Gasteiger partial charge in [-0.3, -0.25) is 4.79 Å². The van der Waals surface area contributed by atoms with Crippen molar-refractivity contribution in [1.82, 2.24) is 0 Å². The fourth-order valence-electron chi connectivity index (χ4n) is 6.59. The average molecular weight is 805 g/mol. The Morgan fingerprint density at radius 1 is 0.579 bits per heavy atom. The summed E-state index contributed by atoms with van der Waals surface area (Å²) in [5.74, 6) is -0.328. The van der Waals surface area contributed by atoms with E-state index in [9.17, 15) is 25.2 Å². The van der Waals surface area contributed by atoms with Crippen LogP contribution in [0.2, 0.25) is 0 Å².